The highest BCUT2D eigenvalue weighted by Gasteiger charge is 2.24. The van der Waals surface area contributed by atoms with Crippen molar-refractivity contribution in [1.82, 2.24) is 5.32 Å². The Kier molecular flexibility index (Phi) is 3.94. The monoisotopic (exact) mass is 211 g/mol. The second kappa shape index (κ2) is 5.22. The van der Waals surface area contributed by atoms with Gasteiger partial charge in [0.15, 0.2) is 0 Å². The lowest BCUT2D eigenvalue weighted by molar-refractivity contribution is 0.377. The topological polar surface area (TPSA) is 12.0 Å². The zero-order chi connectivity index (χ0) is 9.80. The van der Waals surface area contributed by atoms with Gasteiger partial charge in [0.05, 0.1) is 0 Å². The maximum Gasteiger partial charge on any atom is 0.0186 e. The van der Waals surface area contributed by atoms with Crippen LogP contribution in [0, 0.1) is 0 Å². The van der Waals surface area contributed by atoms with Crippen LogP contribution >= 0.6 is 11.8 Å². The molecule has 0 aromatic heterocycles. The Labute approximate surface area is 91.7 Å². The molecule has 1 aliphatic carbocycles. The van der Waals surface area contributed by atoms with Gasteiger partial charge in [-0.15, -0.1) is 0 Å². The number of nitrogens with one attached hydrogen (secondary N) is 1. The van der Waals surface area contributed by atoms with Crippen LogP contribution < -0.4 is 5.32 Å². The molecule has 0 radical (unpaired) electrons. The van der Waals surface area contributed by atoms with Gasteiger partial charge in [0.1, 0.15) is 0 Å². The molecule has 0 bridgehead atoms. The van der Waals surface area contributed by atoms with Gasteiger partial charge in [-0.25, -0.2) is 0 Å². The molecule has 0 amide bonds. The third-order valence-electron chi connectivity index (χ3n) is 3.33. The van der Waals surface area contributed by atoms with Crippen molar-refractivity contribution in [2.24, 2.45) is 0 Å². The van der Waals surface area contributed by atoms with Gasteiger partial charge in [-0.1, -0.05) is 19.1 Å². The first-order valence-corrected chi connectivity index (χ1v) is 6.94. The molecule has 80 valence electrons. The molecule has 14 heavy (non-hydrogen) atoms. The molecular formula is C12H21NS. The van der Waals surface area contributed by atoms with Gasteiger partial charge in [-0.2, -0.15) is 11.8 Å². The van der Waals surface area contributed by atoms with Crippen LogP contribution in [0.4, 0.5) is 0 Å². The molecule has 2 rings (SSSR count). The summed E-state index contributed by atoms with van der Waals surface area (Å²) < 4.78 is 0. The van der Waals surface area contributed by atoms with Crippen molar-refractivity contribution in [2.75, 3.05) is 5.75 Å². The molecule has 2 heteroatoms. The van der Waals surface area contributed by atoms with Gasteiger partial charge in [0.2, 0.25) is 0 Å². The summed E-state index contributed by atoms with van der Waals surface area (Å²) in [4.78, 5) is 0. The van der Waals surface area contributed by atoms with Crippen LogP contribution in [0.2, 0.25) is 0 Å². The zero-order valence-electron chi connectivity index (χ0n) is 9.04. The number of hydrogen-bond acceptors (Lipinski definition) is 2. The summed E-state index contributed by atoms with van der Waals surface area (Å²) in [6.45, 7) is 2.38. The fourth-order valence-corrected chi connectivity index (χ4v) is 3.54. The van der Waals surface area contributed by atoms with Crippen LogP contribution in [-0.4, -0.2) is 23.1 Å². The molecule has 0 spiro atoms. The van der Waals surface area contributed by atoms with Gasteiger partial charge >= 0.3 is 0 Å². The number of hydrogen-bond donors (Lipinski definition) is 1. The van der Waals surface area contributed by atoms with E-state index in [0.717, 1.165) is 17.3 Å². The lowest BCUT2D eigenvalue weighted by Gasteiger charge is -2.33. The Hall–Kier alpha value is 0.0500. The fourth-order valence-electron chi connectivity index (χ4n) is 2.39. The quantitative estimate of drug-likeness (QED) is 0.705. The lowest BCUT2D eigenvalue weighted by atomic mass is 9.99. The Bertz CT molecular complexity index is 202. The Morgan fingerprint density at radius 2 is 2.21 bits per heavy atom. The van der Waals surface area contributed by atoms with Crippen molar-refractivity contribution in [1.29, 1.82) is 0 Å². The molecule has 0 aromatic rings. The highest BCUT2D eigenvalue weighted by atomic mass is 32.2. The minimum absolute atomic E-state index is 0.756. The molecular weight excluding hydrogens is 190 g/mol. The Morgan fingerprint density at radius 3 is 2.93 bits per heavy atom. The highest BCUT2D eigenvalue weighted by Crippen LogP contribution is 2.26. The van der Waals surface area contributed by atoms with Crippen LogP contribution in [0.1, 0.15) is 39.0 Å². The van der Waals surface area contributed by atoms with E-state index < -0.39 is 0 Å². The first kappa shape index (κ1) is 10.6. The first-order valence-electron chi connectivity index (χ1n) is 5.89. The average Bonchev–Trinajstić information content (AvgIpc) is 2.23. The summed E-state index contributed by atoms with van der Waals surface area (Å²) in [5.74, 6) is 1.36. The normalized spacial score (nSPS) is 38.5. The van der Waals surface area contributed by atoms with Crippen LogP contribution in [0.3, 0.4) is 0 Å². The van der Waals surface area contributed by atoms with E-state index in [1.54, 1.807) is 0 Å². The maximum atomic E-state index is 3.84. The summed E-state index contributed by atoms with van der Waals surface area (Å²) in [6, 6.07) is 1.52. The molecule has 1 fully saturated rings. The van der Waals surface area contributed by atoms with Crippen molar-refractivity contribution in [3.05, 3.63) is 12.2 Å². The van der Waals surface area contributed by atoms with Gasteiger partial charge < -0.3 is 5.32 Å². The van der Waals surface area contributed by atoms with E-state index in [0.29, 0.717) is 0 Å². The van der Waals surface area contributed by atoms with Crippen molar-refractivity contribution in [2.45, 2.75) is 56.4 Å². The molecule has 1 aliphatic heterocycles. The minimum Gasteiger partial charge on any atom is -0.310 e. The lowest BCUT2D eigenvalue weighted by Crippen LogP contribution is -2.45. The number of rotatable bonds is 2. The third-order valence-corrected chi connectivity index (χ3v) is 4.70. The average molecular weight is 211 g/mol. The smallest absolute Gasteiger partial charge is 0.0186 e. The van der Waals surface area contributed by atoms with Crippen molar-refractivity contribution >= 4 is 11.8 Å². The van der Waals surface area contributed by atoms with Crippen LogP contribution in [0.25, 0.3) is 0 Å². The molecule has 0 saturated carbocycles. The van der Waals surface area contributed by atoms with Crippen LogP contribution in [0.15, 0.2) is 12.2 Å². The van der Waals surface area contributed by atoms with Crippen molar-refractivity contribution < 1.29 is 0 Å². The van der Waals surface area contributed by atoms with Crippen molar-refractivity contribution in [3.63, 3.8) is 0 Å². The molecule has 3 unspecified atom stereocenters. The second-order valence-corrected chi connectivity index (χ2v) is 5.96. The summed E-state index contributed by atoms with van der Waals surface area (Å²) in [7, 11) is 0. The summed E-state index contributed by atoms with van der Waals surface area (Å²) in [5, 5.41) is 4.65. The standard InChI is InChI=1S/C12H21NS/c1-10-12(8-5-9-14-10)13-11-6-3-2-4-7-11/h2-3,10-13H,4-9H2,1H3. The molecule has 0 aromatic carbocycles. The molecule has 2 aliphatic rings. The molecule has 1 nitrogen and oxygen atoms in total. The predicted octanol–water partition coefficient (Wildman–Crippen LogP) is 2.97. The van der Waals surface area contributed by atoms with E-state index >= 15 is 0 Å². The summed E-state index contributed by atoms with van der Waals surface area (Å²) >= 11 is 2.13. The fraction of sp³-hybridized carbons (Fsp3) is 0.833. The highest BCUT2D eigenvalue weighted by molar-refractivity contribution is 7.99. The van der Waals surface area contributed by atoms with E-state index in [4.69, 9.17) is 0 Å². The van der Waals surface area contributed by atoms with Gasteiger partial charge in [-0.3, -0.25) is 0 Å². The first-order chi connectivity index (χ1) is 6.86. The number of allylic oxidation sites excluding steroid dienone is 1. The molecule has 1 saturated heterocycles. The SMILES string of the molecule is CC1SCCCC1NC1CC=CCC1. The van der Waals surface area contributed by atoms with E-state index in [9.17, 15) is 0 Å². The number of thioether (sulfide) groups is 1. The third kappa shape index (κ3) is 2.77. The predicted molar refractivity (Wildman–Crippen MR) is 64.9 cm³/mol. The largest absolute Gasteiger partial charge is 0.310 e. The van der Waals surface area contributed by atoms with E-state index in [2.05, 4.69) is 36.2 Å². The van der Waals surface area contributed by atoms with E-state index in [1.165, 1.54) is 37.9 Å². The van der Waals surface area contributed by atoms with Crippen LogP contribution in [-0.2, 0) is 0 Å². The zero-order valence-corrected chi connectivity index (χ0v) is 9.85. The molecule has 3 atom stereocenters. The van der Waals surface area contributed by atoms with Gasteiger partial charge in [0.25, 0.3) is 0 Å². The maximum absolute atomic E-state index is 3.84. The van der Waals surface area contributed by atoms with Gasteiger partial charge in [0, 0.05) is 17.3 Å². The Balaban J connectivity index is 1.80. The molecule has 1 N–H and O–H groups in total. The van der Waals surface area contributed by atoms with E-state index in [-0.39, 0.29) is 0 Å². The minimum atomic E-state index is 0.756. The second-order valence-electron chi connectivity index (χ2n) is 4.47. The van der Waals surface area contributed by atoms with E-state index in [1.807, 2.05) is 0 Å². The summed E-state index contributed by atoms with van der Waals surface area (Å²) in [5.41, 5.74) is 0. The Morgan fingerprint density at radius 1 is 1.29 bits per heavy atom. The van der Waals surface area contributed by atoms with Crippen molar-refractivity contribution in [3.8, 4) is 0 Å². The van der Waals surface area contributed by atoms with Crippen LogP contribution in [0.5, 0.6) is 0 Å². The summed E-state index contributed by atoms with van der Waals surface area (Å²) in [6.07, 6.45) is 11.3. The van der Waals surface area contributed by atoms with Gasteiger partial charge in [-0.05, 0) is 37.9 Å². The molecule has 1 heterocycles.